The van der Waals surface area contributed by atoms with Crippen molar-refractivity contribution in [3.8, 4) is 11.3 Å². The molecule has 0 saturated heterocycles. The average Bonchev–Trinajstić information content (AvgIpc) is 2.72. The number of halogens is 1. The Labute approximate surface area is 89.9 Å². The molecule has 0 amide bonds. The van der Waals surface area contributed by atoms with Gasteiger partial charge in [-0.2, -0.15) is 5.10 Å². The smallest absolute Gasteiger partial charge is 0.160 e. The van der Waals surface area contributed by atoms with Crippen LogP contribution in [0, 0.1) is 0 Å². The van der Waals surface area contributed by atoms with Crippen LogP contribution >= 0.6 is 22.9 Å². The van der Waals surface area contributed by atoms with Crippen LogP contribution in [0.2, 0.25) is 4.34 Å². The van der Waals surface area contributed by atoms with Crippen LogP contribution in [-0.4, -0.2) is 16.1 Å². The van der Waals surface area contributed by atoms with Crippen LogP contribution < -0.4 is 0 Å². The lowest BCUT2D eigenvalue weighted by molar-refractivity contribution is 0.112. The van der Waals surface area contributed by atoms with Crippen molar-refractivity contribution in [2.45, 2.75) is 0 Å². The van der Waals surface area contributed by atoms with Gasteiger partial charge in [0.15, 0.2) is 6.29 Å². The Hall–Kier alpha value is -1.13. The molecule has 0 N–H and O–H groups in total. The first kappa shape index (κ1) is 9.43. The first-order valence-corrected chi connectivity index (χ1v) is 5.14. The molecular formula is C9H7ClN2OS. The Kier molecular flexibility index (Phi) is 2.39. The highest BCUT2D eigenvalue weighted by Gasteiger charge is 2.11. The van der Waals surface area contributed by atoms with Crippen molar-refractivity contribution in [1.29, 1.82) is 0 Å². The molecule has 3 nitrogen and oxygen atoms in total. The lowest BCUT2D eigenvalue weighted by Gasteiger charge is -1.98. The van der Waals surface area contributed by atoms with Gasteiger partial charge >= 0.3 is 0 Å². The molecule has 2 aromatic heterocycles. The minimum Gasteiger partial charge on any atom is -0.297 e. The predicted molar refractivity (Wildman–Crippen MR) is 56.9 cm³/mol. The van der Waals surface area contributed by atoms with E-state index in [0.717, 1.165) is 17.5 Å². The van der Waals surface area contributed by atoms with Crippen LogP contribution in [0.4, 0.5) is 0 Å². The third-order valence-electron chi connectivity index (χ3n) is 1.92. The highest BCUT2D eigenvalue weighted by molar-refractivity contribution is 7.18. The zero-order valence-corrected chi connectivity index (χ0v) is 8.97. The van der Waals surface area contributed by atoms with Gasteiger partial charge in [0.2, 0.25) is 0 Å². The maximum Gasteiger partial charge on any atom is 0.160 e. The third kappa shape index (κ3) is 1.47. The second-order valence-electron chi connectivity index (χ2n) is 2.79. The lowest BCUT2D eigenvalue weighted by Crippen LogP contribution is -1.92. The molecule has 2 rings (SSSR count). The molecule has 5 heteroatoms. The summed E-state index contributed by atoms with van der Waals surface area (Å²) in [5.41, 5.74) is 1.78. The Bertz CT molecular complexity index is 475. The van der Waals surface area contributed by atoms with E-state index in [0.29, 0.717) is 9.21 Å². The molecule has 2 aromatic rings. The van der Waals surface area contributed by atoms with E-state index in [9.17, 15) is 4.79 Å². The van der Waals surface area contributed by atoms with E-state index in [1.807, 2.05) is 13.1 Å². The topological polar surface area (TPSA) is 34.9 Å². The van der Waals surface area contributed by atoms with Gasteiger partial charge in [-0.25, -0.2) is 0 Å². The van der Waals surface area contributed by atoms with Crippen molar-refractivity contribution in [2.24, 2.45) is 7.05 Å². The molecule has 0 aromatic carbocycles. The number of aldehydes is 1. The summed E-state index contributed by atoms with van der Waals surface area (Å²) in [6.45, 7) is 0. The summed E-state index contributed by atoms with van der Waals surface area (Å²) in [5, 5.41) is 4.04. The highest BCUT2D eigenvalue weighted by atomic mass is 35.5. The number of aromatic nitrogens is 2. The van der Waals surface area contributed by atoms with Crippen LogP contribution in [0.5, 0.6) is 0 Å². The van der Waals surface area contributed by atoms with E-state index in [1.165, 1.54) is 11.3 Å². The first-order valence-electron chi connectivity index (χ1n) is 3.95. The van der Waals surface area contributed by atoms with Crippen molar-refractivity contribution in [3.63, 3.8) is 0 Å². The summed E-state index contributed by atoms with van der Waals surface area (Å²) >= 11 is 7.28. The molecule has 72 valence electrons. The molecule has 0 aliphatic rings. The fourth-order valence-corrected chi connectivity index (χ4v) is 2.38. The monoisotopic (exact) mass is 226 g/mol. The number of hydrogen-bond acceptors (Lipinski definition) is 3. The minimum atomic E-state index is 0.621. The Morgan fingerprint density at radius 1 is 1.64 bits per heavy atom. The number of thiophene rings is 1. The summed E-state index contributed by atoms with van der Waals surface area (Å²) < 4.78 is 2.35. The van der Waals surface area contributed by atoms with Crippen molar-refractivity contribution in [3.05, 3.63) is 27.5 Å². The van der Waals surface area contributed by atoms with E-state index in [2.05, 4.69) is 5.10 Å². The zero-order valence-electron chi connectivity index (χ0n) is 7.40. The molecule has 0 radical (unpaired) electrons. The minimum absolute atomic E-state index is 0.621. The third-order valence-corrected chi connectivity index (χ3v) is 3.20. The van der Waals surface area contributed by atoms with Crippen LogP contribution in [0.3, 0.4) is 0 Å². The molecule has 14 heavy (non-hydrogen) atoms. The number of carbonyl (C=O) groups is 1. The van der Waals surface area contributed by atoms with Crippen LogP contribution in [-0.2, 0) is 7.05 Å². The fraction of sp³-hybridized carbons (Fsp3) is 0.111. The predicted octanol–water partition coefficient (Wildman–Crippen LogP) is 2.61. The van der Waals surface area contributed by atoms with Crippen LogP contribution in [0.25, 0.3) is 11.3 Å². The van der Waals surface area contributed by atoms with Gasteiger partial charge < -0.3 is 0 Å². The standard InChI is InChI=1S/C9H7ClN2OS/c1-12-8(2-3-11-12)7-4-6(5-13)14-9(7)10/h2-5H,1H3. The normalized spacial score (nSPS) is 10.4. The largest absolute Gasteiger partial charge is 0.297 e. The molecule has 0 aliphatic carbocycles. The molecule has 0 spiro atoms. The van der Waals surface area contributed by atoms with Crippen molar-refractivity contribution in [2.75, 3.05) is 0 Å². The maximum absolute atomic E-state index is 10.6. The summed E-state index contributed by atoms with van der Waals surface area (Å²) in [4.78, 5) is 11.2. The van der Waals surface area contributed by atoms with Crippen molar-refractivity contribution >= 4 is 29.2 Å². The van der Waals surface area contributed by atoms with E-state index < -0.39 is 0 Å². The highest BCUT2D eigenvalue weighted by Crippen LogP contribution is 2.34. The molecule has 0 bridgehead atoms. The Morgan fingerprint density at radius 2 is 2.43 bits per heavy atom. The zero-order chi connectivity index (χ0) is 10.1. The average molecular weight is 227 g/mol. The van der Waals surface area contributed by atoms with Crippen LogP contribution in [0.1, 0.15) is 9.67 Å². The summed E-state index contributed by atoms with van der Waals surface area (Å²) in [6, 6.07) is 3.64. The summed E-state index contributed by atoms with van der Waals surface area (Å²) in [5.74, 6) is 0. The molecule has 0 aliphatic heterocycles. The lowest BCUT2D eigenvalue weighted by atomic mass is 10.2. The van der Waals surface area contributed by atoms with Crippen molar-refractivity contribution in [1.82, 2.24) is 9.78 Å². The van der Waals surface area contributed by atoms with Gasteiger partial charge in [-0.05, 0) is 12.1 Å². The van der Waals surface area contributed by atoms with Gasteiger partial charge in [0.1, 0.15) is 4.34 Å². The number of carbonyl (C=O) groups excluding carboxylic acids is 1. The molecular weight excluding hydrogens is 220 g/mol. The molecule has 0 saturated carbocycles. The van der Waals surface area contributed by atoms with Crippen molar-refractivity contribution < 1.29 is 4.79 Å². The Morgan fingerprint density at radius 3 is 2.93 bits per heavy atom. The van der Waals surface area contributed by atoms with E-state index in [1.54, 1.807) is 16.9 Å². The second kappa shape index (κ2) is 3.55. The number of nitrogens with zero attached hydrogens (tertiary/aromatic N) is 2. The Balaban J connectivity index is 2.56. The summed E-state index contributed by atoms with van der Waals surface area (Å²) in [6.07, 6.45) is 2.50. The van der Waals surface area contributed by atoms with Gasteiger partial charge in [-0.1, -0.05) is 11.6 Å². The van der Waals surface area contributed by atoms with Gasteiger partial charge in [0.25, 0.3) is 0 Å². The van der Waals surface area contributed by atoms with Gasteiger partial charge in [0.05, 0.1) is 10.6 Å². The maximum atomic E-state index is 10.6. The number of rotatable bonds is 2. The molecule has 0 atom stereocenters. The molecule has 2 heterocycles. The number of aryl methyl sites for hydroxylation is 1. The van der Waals surface area contributed by atoms with E-state index >= 15 is 0 Å². The summed E-state index contributed by atoms with van der Waals surface area (Å²) in [7, 11) is 1.84. The number of hydrogen-bond donors (Lipinski definition) is 0. The molecule has 0 fully saturated rings. The van der Waals surface area contributed by atoms with Gasteiger partial charge in [-0.3, -0.25) is 9.48 Å². The van der Waals surface area contributed by atoms with E-state index in [-0.39, 0.29) is 0 Å². The fourth-order valence-electron chi connectivity index (χ4n) is 1.26. The van der Waals surface area contributed by atoms with Gasteiger partial charge in [0, 0.05) is 18.8 Å². The second-order valence-corrected chi connectivity index (χ2v) is 4.48. The molecule has 0 unspecified atom stereocenters. The SMILES string of the molecule is Cn1nccc1-c1cc(C=O)sc1Cl. The van der Waals surface area contributed by atoms with Crippen LogP contribution in [0.15, 0.2) is 18.3 Å². The van der Waals surface area contributed by atoms with E-state index in [4.69, 9.17) is 11.6 Å². The first-order chi connectivity index (χ1) is 6.72. The quantitative estimate of drug-likeness (QED) is 0.738. The van der Waals surface area contributed by atoms with Gasteiger partial charge in [-0.15, -0.1) is 11.3 Å².